The second-order valence-corrected chi connectivity index (χ2v) is 8.31. The maximum Gasteiger partial charge on any atom is 0.226 e. The van der Waals surface area contributed by atoms with Crippen LogP contribution < -0.4 is 9.47 Å². The van der Waals surface area contributed by atoms with Crippen LogP contribution in [0.5, 0.6) is 11.5 Å². The topological polar surface area (TPSA) is 81.3 Å². The van der Waals surface area contributed by atoms with Gasteiger partial charge in [0.05, 0.1) is 17.9 Å². The van der Waals surface area contributed by atoms with Crippen molar-refractivity contribution in [2.24, 2.45) is 0 Å². The molecule has 0 aliphatic heterocycles. The number of halogens is 1. The van der Waals surface area contributed by atoms with Gasteiger partial charge in [-0.2, -0.15) is 5.10 Å². The lowest BCUT2D eigenvalue weighted by atomic mass is 10.1. The van der Waals surface area contributed by atoms with Crippen LogP contribution in [-0.4, -0.2) is 38.2 Å². The largest absolute Gasteiger partial charge is 0.497 e. The highest BCUT2D eigenvalue weighted by Gasteiger charge is 2.27. The minimum atomic E-state index is -3.89. The van der Waals surface area contributed by atoms with Crippen molar-refractivity contribution in [3.63, 3.8) is 0 Å². The van der Waals surface area contributed by atoms with E-state index >= 15 is 0 Å². The quantitative estimate of drug-likeness (QED) is 0.477. The number of ether oxygens (including phenoxy) is 2. The third-order valence-corrected chi connectivity index (χ3v) is 6.35. The van der Waals surface area contributed by atoms with Gasteiger partial charge in [-0.05, 0) is 17.5 Å². The van der Waals surface area contributed by atoms with Crippen molar-refractivity contribution in [2.45, 2.75) is 9.92 Å². The Hall–Kier alpha value is -2.77. The first-order valence-electron chi connectivity index (χ1n) is 8.54. The number of aromatic amines is 1. The molecule has 1 aromatic heterocycles. The molecule has 0 spiro atoms. The summed E-state index contributed by atoms with van der Waals surface area (Å²) in [6.07, 6.45) is 0. The van der Waals surface area contributed by atoms with Gasteiger partial charge in [-0.25, -0.2) is 8.42 Å². The Labute approximate surface area is 166 Å². The van der Waals surface area contributed by atoms with E-state index in [4.69, 9.17) is 21.1 Å². The number of hydrogen-bond acceptors (Lipinski definition) is 5. The summed E-state index contributed by atoms with van der Waals surface area (Å²) in [6.45, 7) is 0.272. The normalized spacial score (nSPS) is 11.8. The first-order valence-corrected chi connectivity index (χ1v) is 10.6. The third kappa shape index (κ3) is 3.06. The molecule has 0 bridgehead atoms. The molecule has 0 radical (unpaired) electrons. The van der Waals surface area contributed by atoms with Crippen LogP contribution in [-0.2, 0) is 9.84 Å². The van der Waals surface area contributed by atoms with Gasteiger partial charge in [0, 0.05) is 16.8 Å². The second-order valence-electron chi connectivity index (χ2n) is 6.10. The van der Waals surface area contributed by atoms with E-state index in [1.807, 2.05) is 24.3 Å². The van der Waals surface area contributed by atoms with Crippen molar-refractivity contribution in [2.75, 3.05) is 19.6 Å². The first-order chi connectivity index (χ1) is 13.6. The number of methoxy groups -OCH3 is 1. The molecule has 3 aromatic carbocycles. The summed E-state index contributed by atoms with van der Waals surface area (Å²) in [5, 5.41) is 8.71. The molecule has 0 fully saturated rings. The Kier molecular flexibility index (Phi) is 4.87. The van der Waals surface area contributed by atoms with Crippen molar-refractivity contribution >= 4 is 43.1 Å². The average molecular weight is 417 g/mol. The van der Waals surface area contributed by atoms with Crippen LogP contribution in [0.3, 0.4) is 0 Å². The Balaban J connectivity index is 1.95. The highest BCUT2D eigenvalue weighted by atomic mass is 35.5. The van der Waals surface area contributed by atoms with Crippen molar-refractivity contribution in [3.05, 3.63) is 54.6 Å². The number of rotatable bonds is 6. The number of fused-ring (bicyclic) bond motifs is 2. The van der Waals surface area contributed by atoms with Crippen LogP contribution in [0.15, 0.2) is 64.5 Å². The van der Waals surface area contributed by atoms with E-state index in [0.29, 0.717) is 33.7 Å². The number of alkyl halides is 1. The van der Waals surface area contributed by atoms with Crippen LogP contribution in [0.4, 0.5) is 0 Å². The van der Waals surface area contributed by atoms with Crippen molar-refractivity contribution < 1.29 is 17.9 Å². The summed E-state index contributed by atoms with van der Waals surface area (Å²) in [5.74, 6) is 1.20. The van der Waals surface area contributed by atoms with E-state index in [-0.39, 0.29) is 16.5 Å². The molecule has 28 heavy (non-hydrogen) atoms. The number of hydrogen-bond donors (Lipinski definition) is 1. The molecule has 0 amide bonds. The summed E-state index contributed by atoms with van der Waals surface area (Å²) in [7, 11) is -2.39. The molecule has 0 unspecified atom stereocenters. The van der Waals surface area contributed by atoms with Crippen molar-refractivity contribution in [1.29, 1.82) is 0 Å². The monoisotopic (exact) mass is 416 g/mol. The minimum absolute atomic E-state index is 0.0755. The fourth-order valence-corrected chi connectivity index (χ4v) is 4.80. The molecule has 0 aliphatic carbocycles. The predicted molar refractivity (Wildman–Crippen MR) is 108 cm³/mol. The zero-order valence-electron chi connectivity index (χ0n) is 15.0. The predicted octanol–water partition coefficient (Wildman–Crippen LogP) is 4.18. The maximum atomic E-state index is 13.5. The average Bonchev–Trinajstić information content (AvgIpc) is 3.16. The minimum Gasteiger partial charge on any atom is -0.497 e. The summed E-state index contributed by atoms with van der Waals surface area (Å²) in [4.78, 5) is 0.199. The molecule has 6 nitrogen and oxygen atoms in total. The highest BCUT2D eigenvalue weighted by molar-refractivity contribution is 7.91. The van der Waals surface area contributed by atoms with E-state index in [9.17, 15) is 8.42 Å². The third-order valence-electron chi connectivity index (χ3n) is 4.44. The fourth-order valence-electron chi connectivity index (χ4n) is 3.16. The molecular formula is C20H17ClN2O4S. The smallest absolute Gasteiger partial charge is 0.226 e. The van der Waals surface area contributed by atoms with Crippen molar-refractivity contribution in [3.8, 4) is 11.5 Å². The maximum absolute atomic E-state index is 13.5. The van der Waals surface area contributed by atoms with Crippen LogP contribution >= 0.6 is 11.6 Å². The Morgan fingerprint density at radius 1 is 1.07 bits per heavy atom. The molecule has 8 heteroatoms. The molecule has 0 saturated carbocycles. The van der Waals surface area contributed by atoms with E-state index in [0.717, 1.165) is 5.39 Å². The molecule has 1 N–H and O–H groups in total. The van der Waals surface area contributed by atoms with E-state index in [1.165, 1.54) is 7.11 Å². The second kappa shape index (κ2) is 7.33. The molecule has 0 atom stereocenters. The Morgan fingerprint density at radius 3 is 2.64 bits per heavy atom. The van der Waals surface area contributed by atoms with Crippen molar-refractivity contribution in [1.82, 2.24) is 10.2 Å². The number of benzene rings is 3. The van der Waals surface area contributed by atoms with Gasteiger partial charge in [0.25, 0.3) is 0 Å². The van der Waals surface area contributed by atoms with Gasteiger partial charge >= 0.3 is 0 Å². The lowest BCUT2D eigenvalue weighted by Gasteiger charge is -2.09. The van der Waals surface area contributed by atoms with Crippen LogP contribution in [0.25, 0.3) is 21.7 Å². The summed E-state index contributed by atoms with van der Waals surface area (Å²) in [5.41, 5.74) is 0.477. The standard InChI is InChI=1S/C20H17ClN2O4S/c1-26-14-11-16-19(17(12-14)27-10-9-21)22-23-20(16)28(24,25)18-8-4-6-13-5-2-3-7-15(13)18/h2-8,11-12H,9-10H2,1H3,(H,22,23). The molecule has 144 valence electrons. The van der Waals surface area contributed by atoms with Gasteiger partial charge in [-0.3, -0.25) is 5.10 Å². The van der Waals surface area contributed by atoms with E-state index in [2.05, 4.69) is 10.2 Å². The lowest BCUT2D eigenvalue weighted by molar-refractivity contribution is 0.342. The molecular weight excluding hydrogens is 400 g/mol. The molecule has 0 saturated heterocycles. The van der Waals surface area contributed by atoms with Gasteiger partial charge in [0.1, 0.15) is 23.6 Å². The molecule has 4 rings (SSSR count). The molecule has 4 aromatic rings. The number of nitrogens with one attached hydrogen (secondary N) is 1. The Bertz CT molecular complexity index is 1260. The number of aromatic nitrogens is 2. The van der Waals surface area contributed by atoms with E-state index < -0.39 is 9.84 Å². The van der Waals surface area contributed by atoms with Gasteiger partial charge in [-0.1, -0.05) is 36.4 Å². The summed E-state index contributed by atoms with van der Waals surface area (Å²) < 4.78 is 37.9. The van der Waals surface area contributed by atoms with E-state index in [1.54, 1.807) is 30.3 Å². The van der Waals surface area contributed by atoms with Crippen LogP contribution in [0, 0.1) is 0 Å². The lowest BCUT2D eigenvalue weighted by Crippen LogP contribution is -2.04. The van der Waals surface area contributed by atoms with Gasteiger partial charge in [0.2, 0.25) is 9.84 Å². The van der Waals surface area contributed by atoms with Crippen LogP contribution in [0.2, 0.25) is 0 Å². The SMILES string of the molecule is COc1cc(OCCCl)c2[nH]nc(S(=O)(=O)c3cccc4ccccc34)c2c1. The number of sulfone groups is 1. The highest BCUT2D eigenvalue weighted by Crippen LogP contribution is 2.36. The zero-order valence-corrected chi connectivity index (χ0v) is 16.5. The van der Waals surface area contributed by atoms with Gasteiger partial charge in [-0.15, -0.1) is 11.6 Å². The van der Waals surface area contributed by atoms with Gasteiger partial charge in [0.15, 0.2) is 5.03 Å². The zero-order chi connectivity index (χ0) is 19.7. The number of H-pyrrole nitrogens is 1. The van der Waals surface area contributed by atoms with Crippen LogP contribution in [0.1, 0.15) is 0 Å². The first kappa shape index (κ1) is 18.6. The Morgan fingerprint density at radius 2 is 1.86 bits per heavy atom. The fraction of sp³-hybridized carbons (Fsp3) is 0.150. The molecule has 0 aliphatic rings. The number of nitrogens with zero attached hydrogens (tertiary/aromatic N) is 1. The summed E-state index contributed by atoms with van der Waals surface area (Å²) in [6, 6.07) is 15.8. The van der Waals surface area contributed by atoms with Gasteiger partial charge < -0.3 is 9.47 Å². The molecule has 1 heterocycles. The summed E-state index contributed by atoms with van der Waals surface area (Å²) >= 11 is 5.71.